The fourth-order valence-corrected chi connectivity index (χ4v) is 2.86. The summed E-state index contributed by atoms with van der Waals surface area (Å²) in [5.74, 6) is 0.877. The number of carbonyl (C=O) groups excluding carboxylic acids is 1. The van der Waals surface area contributed by atoms with E-state index in [1.54, 1.807) is 6.07 Å². The van der Waals surface area contributed by atoms with Crippen LogP contribution in [0.5, 0.6) is 11.5 Å². The summed E-state index contributed by atoms with van der Waals surface area (Å²) in [7, 11) is 0. The van der Waals surface area contributed by atoms with Crippen LogP contribution in [0.4, 0.5) is 0 Å². The Morgan fingerprint density at radius 1 is 1.11 bits per heavy atom. The van der Waals surface area contributed by atoms with Crippen molar-refractivity contribution in [1.82, 2.24) is 0 Å². The number of para-hydroxylation sites is 1. The molecule has 0 saturated carbocycles. The Labute approximate surface area is 157 Å². The standard InChI is InChI=1S/C22H22O5/c1-3-16-13-18-15(2)12-22(24)27-20(18)14-19(16)26-21(23)10-7-11-25-17-8-5-4-6-9-17/h4-6,8-9,12-14H,3,7,10-11H2,1-2H3. The second-order valence-corrected chi connectivity index (χ2v) is 6.30. The van der Waals surface area contributed by atoms with E-state index in [4.69, 9.17) is 13.9 Å². The molecule has 0 spiro atoms. The zero-order valence-electron chi connectivity index (χ0n) is 15.5. The van der Waals surface area contributed by atoms with Gasteiger partial charge in [-0.1, -0.05) is 25.1 Å². The first-order valence-electron chi connectivity index (χ1n) is 9.02. The summed E-state index contributed by atoms with van der Waals surface area (Å²) in [4.78, 5) is 23.8. The number of hydrogen-bond acceptors (Lipinski definition) is 5. The summed E-state index contributed by atoms with van der Waals surface area (Å²) >= 11 is 0. The molecule has 2 aromatic carbocycles. The third-order valence-corrected chi connectivity index (χ3v) is 4.27. The molecule has 1 aromatic heterocycles. The maximum Gasteiger partial charge on any atom is 0.336 e. The van der Waals surface area contributed by atoms with Crippen LogP contribution in [0, 0.1) is 6.92 Å². The van der Waals surface area contributed by atoms with Crippen molar-refractivity contribution in [3.63, 3.8) is 0 Å². The van der Waals surface area contributed by atoms with E-state index in [1.807, 2.05) is 50.2 Å². The maximum absolute atomic E-state index is 12.2. The first kappa shape index (κ1) is 18.7. The average molecular weight is 366 g/mol. The first-order valence-corrected chi connectivity index (χ1v) is 9.02. The van der Waals surface area contributed by atoms with Gasteiger partial charge in [-0.2, -0.15) is 0 Å². The lowest BCUT2D eigenvalue weighted by atomic mass is 10.1. The van der Waals surface area contributed by atoms with Crippen molar-refractivity contribution in [2.75, 3.05) is 6.61 Å². The van der Waals surface area contributed by atoms with Crippen molar-refractivity contribution in [2.45, 2.75) is 33.1 Å². The molecule has 5 heteroatoms. The Kier molecular flexibility index (Phi) is 5.91. The molecular formula is C22H22O5. The van der Waals surface area contributed by atoms with Crippen LogP contribution in [0.2, 0.25) is 0 Å². The van der Waals surface area contributed by atoms with Crippen molar-refractivity contribution in [3.05, 3.63) is 70.1 Å². The summed E-state index contributed by atoms with van der Waals surface area (Å²) in [6.45, 7) is 4.28. The molecule has 0 radical (unpaired) electrons. The van der Waals surface area contributed by atoms with E-state index in [2.05, 4.69) is 0 Å². The highest BCUT2D eigenvalue weighted by Gasteiger charge is 2.13. The Bertz CT molecular complexity index is 989. The Morgan fingerprint density at radius 2 is 1.89 bits per heavy atom. The zero-order chi connectivity index (χ0) is 19.2. The van der Waals surface area contributed by atoms with Gasteiger partial charge in [0.2, 0.25) is 0 Å². The van der Waals surface area contributed by atoms with E-state index in [-0.39, 0.29) is 12.4 Å². The molecule has 0 aliphatic rings. The fourth-order valence-electron chi connectivity index (χ4n) is 2.86. The molecule has 0 N–H and O–H groups in total. The molecule has 1 heterocycles. The van der Waals surface area contributed by atoms with E-state index in [1.165, 1.54) is 6.07 Å². The fraction of sp³-hybridized carbons (Fsp3) is 0.273. The minimum atomic E-state index is -0.417. The Balaban J connectivity index is 1.64. The van der Waals surface area contributed by atoms with Crippen LogP contribution in [-0.2, 0) is 11.2 Å². The van der Waals surface area contributed by atoms with Crippen molar-refractivity contribution < 1.29 is 18.7 Å². The van der Waals surface area contributed by atoms with Gasteiger partial charge in [0.15, 0.2) is 0 Å². The van der Waals surface area contributed by atoms with Crippen LogP contribution in [0.15, 0.2) is 57.7 Å². The second-order valence-electron chi connectivity index (χ2n) is 6.30. The number of carbonyl (C=O) groups is 1. The normalized spacial score (nSPS) is 10.7. The third-order valence-electron chi connectivity index (χ3n) is 4.27. The Hall–Kier alpha value is -3.08. The van der Waals surface area contributed by atoms with Gasteiger partial charge >= 0.3 is 11.6 Å². The molecule has 140 valence electrons. The van der Waals surface area contributed by atoms with Gasteiger partial charge in [0.05, 0.1) is 6.61 Å². The van der Waals surface area contributed by atoms with Gasteiger partial charge in [-0.25, -0.2) is 4.79 Å². The molecular weight excluding hydrogens is 344 g/mol. The summed E-state index contributed by atoms with van der Waals surface area (Å²) in [6, 6.07) is 14.5. The van der Waals surface area contributed by atoms with Crippen molar-refractivity contribution in [3.8, 4) is 11.5 Å². The molecule has 0 aliphatic carbocycles. The zero-order valence-corrected chi connectivity index (χ0v) is 15.5. The summed E-state index contributed by atoms with van der Waals surface area (Å²) in [6.07, 6.45) is 1.50. The minimum absolute atomic E-state index is 0.242. The highest BCUT2D eigenvalue weighted by atomic mass is 16.5. The van der Waals surface area contributed by atoms with Crippen LogP contribution in [0.25, 0.3) is 11.0 Å². The van der Waals surface area contributed by atoms with Crippen molar-refractivity contribution >= 4 is 16.9 Å². The molecule has 0 unspecified atom stereocenters. The number of rotatable bonds is 7. The van der Waals surface area contributed by atoms with Crippen LogP contribution in [0.3, 0.4) is 0 Å². The van der Waals surface area contributed by atoms with E-state index in [0.29, 0.717) is 30.8 Å². The topological polar surface area (TPSA) is 65.7 Å². The lowest BCUT2D eigenvalue weighted by Gasteiger charge is -2.11. The van der Waals surface area contributed by atoms with Gasteiger partial charge in [0, 0.05) is 23.9 Å². The SMILES string of the molecule is CCc1cc2c(C)cc(=O)oc2cc1OC(=O)CCCOc1ccccc1. The predicted molar refractivity (Wildman–Crippen MR) is 103 cm³/mol. The summed E-state index contributed by atoms with van der Waals surface area (Å²) in [5.41, 5.74) is 1.74. The van der Waals surface area contributed by atoms with Crippen LogP contribution < -0.4 is 15.1 Å². The van der Waals surface area contributed by atoms with E-state index in [9.17, 15) is 9.59 Å². The monoisotopic (exact) mass is 366 g/mol. The number of benzene rings is 2. The summed E-state index contributed by atoms with van der Waals surface area (Å²) in [5, 5.41) is 0.850. The highest BCUT2D eigenvalue weighted by molar-refractivity contribution is 5.84. The number of fused-ring (bicyclic) bond motifs is 1. The molecule has 3 rings (SSSR count). The molecule has 5 nitrogen and oxygen atoms in total. The summed E-state index contributed by atoms with van der Waals surface area (Å²) < 4.78 is 16.3. The van der Waals surface area contributed by atoms with Gasteiger partial charge in [0.1, 0.15) is 17.1 Å². The van der Waals surface area contributed by atoms with Crippen molar-refractivity contribution in [1.29, 1.82) is 0 Å². The molecule has 27 heavy (non-hydrogen) atoms. The van der Waals surface area contributed by atoms with Crippen LogP contribution in [0.1, 0.15) is 30.9 Å². The molecule has 3 aromatic rings. The van der Waals surface area contributed by atoms with E-state index >= 15 is 0 Å². The molecule has 0 bridgehead atoms. The highest BCUT2D eigenvalue weighted by Crippen LogP contribution is 2.28. The van der Waals surface area contributed by atoms with Gasteiger partial charge in [0.25, 0.3) is 0 Å². The quantitative estimate of drug-likeness (QED) is 0.268. The lowest BCUT2D eigenvalue weighted by molar-refractivity contribution is -0.134. The van der Waals surface area contributed by atoms with Crippen LogP contribution >= 0.6 is 0 Å². The maximum atomic E-state index is 12.2. The number of aryl methyl sites for hydroxylation is 2. The molecule has 0 fully saturated rings. The van der Waals surface area contributed by atoms with E-state index in [0.717, 1.165) is 22.3 Å². The van der Waals surface area contributed by atoms with Crippen LogP contribution in [-0.4, -0.2) is 12.6 Å². The molecule has 0 amide bonds. The number of ether oxygens (including phenoxy) is 2. The molecule has 0 saturated heterocycles. The predicted octanol–water partition coefficient (Wildman–Crippen LogP) is 4.43. The molecule has 0 aliphatic heterocycles. The van der Waals surface area contributed by atoms with Gasteiger partial charge < -0.3 is 13.9 Å². The smallest absolute Gasteiger partial charge is 0.336 e. The molecule has 0 atom stereocenters. The first-order chi connectivity index (χ1) is 13.1. The van der Waals surface area contributed by atoms with Crippen molar-refractivity contribution in [2.24, 2.45) is 0 Å². The minimum Gasteiger partial charge on any atom is -0.494 e. The largest absolute Gasteiger partial charge is 0.494 e. The van der Waals surface area contributed by atoms with Gasteiger partial charge in [-0.05, 0) is 49.1 Å². The number of esters is 1. The average Bonchev–Trinajstić information content (AvgIpc) is 2.65. The Morgan fingerprint density at radius 3 is 2.63 bits per heavy atom. The lowest BCUT2D eigenvalue weighted by Crippen LogP contribution is -2.11. The van der Waals surface area contributed by atoms with E-state index < -0.39 is 5.63 Å². The van der Waals surface area contributed by atoms with Gasteiger partial charge in [-0.15, -0.1) is 0 Å². The van der Waals surface area contributed by atoms with Gasteiger partial charge in [-0.3, -0.25) is 4.79 Å². The number of hydrogen-bond donors (Lipinski definition) is 0. The second kappa shape index (κ2) is 8.54. The third kappa shape index (κ3) is 4.76.